The fraction of sp³-hybridized carbons (Fsp3) is 1.00. The van der Waals surface area contributed by atoms with E-state index in [9.17, 15) is 0 Å². The Hall–Kier alpha value is -0.0800. The quantitative estimate of drug-likeness (QED) is 0.725. The number of nitrogens with zero attached hydrogens (tertiary/aromatic N) is 1. The summed E-state index contributed by atoms with van der Waals surface area (Å²) in [6.45, 7) is 11.8. The van der Waals surface area contributed by atoms with Gasteiger partial charge in [-0.1, -0.05) is 20.8 Å². The predicted octanol–water partition coefficient (Wildman–Crippen LogP) is 1.86. The van der Waals surface area contributed by atoms with Crippen molar-refractivity contribution in [2.75, 3.05) is 13.1 Å². The van der Waals surface area contributed by atoms with E-state index in [1.807, 2.05) is 0 Å². The SMILES string of the molecule is CCC1CNC(C)CN1C1CC1(C)C. The molecule has 0 bridgehead atoms. The maximum Gasteiger partial charge on any atom is 0.0221 e. The molecule has 0 spiro atoms. The lowest BCUT2D eigenvalue weighted by Gasteiger charge is -2.40. The van der Waals surface area contributed by atoms with Gasteiger partial charge in [-0.3, -0.25) is 4.90 Å². The van der Waals surface area contributed by atoms with Gasteiger partial charge >= 0.3 is 0 Å². The Morgan fingerprint density at radius 2 is 2.07 bits per heavy atom. The third kappa shape index (κ3) is 1.82. The van der Waals surface area contributed by atoms with Gasteiger partial charge in [0.2, 0.25) is 0 Å². The van der Waals surface area contributed by atoms with Gasteiger partial charge in [0, 0.05) is 31.2 Å². The Balaban J connectivity index is 2.00. The van der Waals surface area contributed by atoms with Crippen LogP contribution in [0.1, 0.15) is 40.5 Å². The van der Waals surface area contributed by atoms with E-state index in [-0.39, 0.29) is 0 Å². The molecule has 3 atom stereocenters. The zero-order valence-corrected chi connectivity index (χ0v) is 10.0. The van der Waals surface area contributed by atoms with Crippen molar-refractivity contribution in [2.24, 2.45) is 5.41 Å². The number of piperazine rings is 1. The summed E-state index contributed by atoms with van der Waals surface area (Å²) < 4.78 is 0. The maximum atomic E-state index is 3.58. The minimum absolute atomic E-state index is 0.588. The van der Waals surface area contributed by atoms with E-state index < -0.39 is 0 Å². The van der Waals surface area contributed by atoms with Gasteiger partial charge in [0.1, 0.15) is 0 Å². The molecule has 2 heteroatoms. The van der Waals surface area contributed by atoms with Crippen LogP contribution in [-0.4, -0.2) is 36.1 Å². The van der Waals surface area contributed by atoms with Crippen molar-refractivity contribution in [3.8, 4) is 0 Å². The molecule has 3 unspecified atom stereocenters. The van der Waals surface area contributed by atoms with E-state index in [0.29, 0.717) is 11.5 Å². The Morgan fingerprint density at radius 1 is 1.43 bits per heavy atom. The fourth-order valence-corrected chi connectivity index (χ4v) is 2.75. The van der Waals surface area contributed by atoms with Crippen LogP contribution in [0.3, 0.4) is 0 Å². The van der Waals surface area contributed by atoms with E-state index in [4.69, 9.17) is 0 Å². The smallest absolute Gasteiger partial charge is 0.0221 e. The van der Waals surface area contributed by atoms with Gasteiger partial charge < -0.3 is 5.32 Å². The second kappa shape index (κ2) is 3.49. The van der Waals surface area contributed by atoms with E-state index >= 15 is 0 Å². The highest BCUT2D eigenvalue weighted by Crippen LogP contribution is 2.49. The molecule has 1 aliphatic heterocycles. The third-order valence-corrected chi connectivity index (χ3v) is 3.99. The van der Waals surface area contributed by atoms with Gasteiger partial charge in [0.25, 0.3) is 0 Å². The molecule has 0 aromatic heterocycles. The van der Waals surface area contributed by atoms with Crippen LogP contribution < -0.4 is 5.32 Å². The van der Waals surface area contributed by atoms with Crippen LogP contribution in [0.2, 0.25) is 0 Å². The first kappa shape index (κ1) is 10.4. The van der Waals surface area contributed by atoms with Crippen LogP contribution in [0.25, 0.3) is 0 Å². The Labute approximate surface area is 88.1 Å². The lowest BCUT2D eigenvalue weighted by Crippen LogP contribution is -2.56. The van der Waals surface area contributed by atoms with E-state index in [1.54, 1.807) is 0 Å². The molecule has 0 aromatic carbocycles. The second-order valence-electron chi connectivity index (χ2n) is 5.78. The van der Waals surface area contributed by atoms with Crippen LogP contribution in [0.15, 0.2) is 0 Å². The van der Waals surface area contributed by atoms with Crippen molar-refractivity contribution in [1.82, 2.24) is 10.2 Å². The van der Waals surface area contributed by atoms with E-state index in [0.717, 1.165) is 12.1 Å². The Kier molecular flexibility index (Phi) is 2.61. The Bertz CT molecular complexity index is 210. The molecule has 2 nitrogen and oxygen atoms in total. The molecule has 82 valence electrons. The summed E-state index contributed by atoms with van der Waals surface area (Å²) in [5, 5.41) is 3.58. The molecule has 1 N–H and O–H groups in total. The number of rotatable bonds is 2. The first-order valence-corrected chi connectivity index (χ1v) is 6.03. The molecule has 0 radical (unpaired) electrons. The minimum Gasteiger partial charge on any atom is -0.311 e. The van der Waals surface area contributed by atoms with Gasteiger partial charge in [0.15, 0.2) is 0 Å². The first-order chi connectivity index (χ1) is 6.54. The van der Waals surface area contributed by atoms with Gasteiger partial charge in [-0.05, 0) is 25.2 Å². The van der Waals surface area contributed by atoms with Gasteiger partial charge in [0.05, 0.1) is 0 Å². The van der Waals surface area contributed by atoms with Crippen molar-refractivity contribution in [2.45, 2.75) is 58.7 Å². The minimum atomic E-state index is 0.588. The van der Waals surface area contributed by atoms with Crippen LogP contribution >= 0.6 is 0 Å². The Morgan fingerprint density at radius 3 is 2.57 bits per heavy atom. The molecule has 2 rings (SSSR count). The number of hydrogen-bond donors (Lipinski definition) is 1. The molecule has 2 fully saturated rings. The van der Waals surface area contributed by atoms with Crippen molar-refractivity contribution in [3.05, 3.63) is 0 Å². The molecule has 1 aliphatic carbocycles. The molecular weight excluding hydrogens is 172 g/mol. The molecule has 1 saturated carbocycles. The van der Waals surface area contributed by atoms with Gasteiger partial charge in [-0.2, -0.15) is 0 Å². The van der Waals surface area contributed by atoms with Crippen molar-refractivity contribution in [1.29, 1.82) is 0 Å². The summed E-state index contributed by atoms with van der Waals surface area (Å²) in [4.78, 5) is 2.75. The standard InChI is InChI=1S/C12H24N2/c1-5-10-7-13-9(2)8-14(10)11-6-12(11,3)4/h9-11,13H,5-8H2,1-4H3. The zero-order chi connectivity index (χ0) is 10.3. The van der Waals surface area contributed by atoms with Crippen molar-refractivity contribution in [3.63, 3.8) is 0 Å². The van der Waals surface area contributed by atoms with Crippen LogP contribution in [0.5, 0.6) is 0 Å². The topological polar surface area (TPSA) is 15.3 Å². The van der Waals surface area contributed by atoms with Crippen LogP contribution in [0.4, 0.5) is 0 Å². The number of hydrogen-bond acceptors (Lipinski definition) is 2. The second-order valence-corrected chi connectivity index (χ2v) is 5.78. The molecule has 1 saturated heterocycles. The molecule has 2 aliphatic rings. The average molecular weight is 196 g/mol. The fourth-order valence-electron chi connectivity index (χ4n) is 2.75. The summed E-state index contributed by atoms with van der Waals surface area (Å²) in [5.41, 5.74) is 0.588. The predicted molar refractivity (Wildman–Crippen MR) is 60.4 cm³/mol. The summed E-state index contributed by atoms with van der Waals surface area (Å²) >= 11 is 0. The highest BCUT2D eigenvalue weighted by Gasteiger charge is 2.51. The third-order valence-electron chi connectivity index (χ3n) is 3.99. The van der Waals surface area contributed by atoms with Gasteiger partial charge in [-0.25, -0.2) is 0 Å². The summed E-state index contributed by atoms with van der Waals surface area (Å²) in [7, 11) is 0. The van der Waals surface area contributed by atoms with Crippen molar-refractivity contribution >= 4 is 0 Å². The van der Waals surface area contributed by atoms with Crippen LogP contribution in [0, 0.1) is 5.41 Å². The average Bonchev–Trinajstić information content (AvgIpc) is 2.75. The summed E-state index contributed by atoms with van der Waals surface area (Å²) in [6.07, 6.45) is 2.68. The van der Waals surface area contributed by atoms with E-state index in [1.165, 1.54) is 25.9 Å². The molecule has 0 aromatic rings. The summed E-state index contributed by atoms with van der Waals surface area (Å²) in [6, 6.07) is 2.31. The van der Waals surface area contributed by atoms with Gasteiger partial charge in [-0.15, -0.1) is 0 Å². The lowest BCUT2D eigenvalue weighted by molar-refractivity contribution is 0.109. The summed E-state index contributed by atoms with van der Waals surface area (Å²) in [5.74, 6) is 0. The highest BCUT2D eigenvalue weighted by molar-refractivity contribution is 5.06. The van der Waals surface area contributed by atoms with Crippen LogP contribution in [-0.2, 0) is 0 Å². The maximum absolute atomic E-state index is 3.58. The number of nitrogens with one attached hydrogen (secondary N) is 1. The largest absolute Gasteiger partial charge is 0.311 e. The normalized spacial score (nSPS) is 42.4. The first-order valence-electron chi connectivity index (χ1n) is 6.03. The van der Waals surface area contributed by atoms with E-state index in [2.05, 4.69) is 37.9 Å². The molecule has 1 heterocycles. The zero-order valence-electron chi connectivity index (χ0n) is 10.0. The highest BCUT2D eigenvalue weighted by atomic mass is 15.3. The molecule has 14 heavy (non-hydrogen) atoms. The molecular formula is C12H24N2. The molecule has 0 amide bonds. The van der Waals surface area contributed by atoms with Crippen molar-refractivity contribution < 1.29 is 0 Å². The monoisotopic (exact) mass is 196 g/mol. The lowest BCUT2D eigenvalue weighted by atomic mass is 10.1.